The van der Waals surface area contributed by atoms with Gasteiger partial charge in [-0.05, 0) is 30.7 Å². The van der Waals surface area contributed by atoms with Crippen LogP contribution in [0.3, 0.4) is 0 Å². The molecule has 2 aromatic rings. The van der Waals surface area contributed by atoms with Crippen LogP contribution in [0.2, 0.25) is 0 Å². The van der Waals surface area contributed by atoms with E-state index in [0.29, 0.717) is 22.8 Å². The Morgan fingerprint density at radius 3 is 2.33 bits per heavy atom. The first-order valence-corrected chi connectivity index (χ1v) is 7.56. The Balaban J connectivity index is 2.08. The van der Waals surface area contributed by atoms with Crippen molar-refractivity contribution in [2.24, 2.45) is 0 Å². The highest BCUT2D eigenvalue weighted by Gasteiger charge is 2.29. The second kappa shape index (κ2) is 6.31. The minimum absolute atomic E-state index is 0.130. The van der Waals surface area contributed by atoms with Crippen LogP contribution in [0.1, 0.15) is 27.7 Å². The maximum absolute atomic E-state index is 12.5. The summed E-state index contributed by atoms with van der Waals surface area (Å²) in [5, 5.41) is 6.32. The van der Waals surface area contributed by atoms with Crippen LogP contribution in [0.5, 0.6) is 17.2 Å². The molecule has 0 aliphatic carbocycles. The minimum atomic E-state index is -0.430. The van der Waals surface area contributed by atoms with Crippen LogP contribution in [0, 0.1) is 6.92 Å². The zero-order chi connectivity index (χ0) is 17.3. The minimum Gasteiger partial charge on any atom is -0.493 e. The molecule has 1 amide bonds. The third kappa shape index (κ3) is 2.50. The van der Waals surface area contributed by atoms with Gasteiger partial charge in [-0.15, -0.1) is 0 Å². The van der Waals surface area contributed by atoms with Gasteiger partial charge in [0.2, 0.25) is 5.75 Å². The van der Waals surface area contributed by atoms with Gasteiger partial charge in [-0.3, -0.25) is 4.79 Å². The van der Waals surface area contributed by atoms with Crippen molar-refractivity contribution in [1.82, 2.24) is 5.32 Å². The molecule has 0 fully saturated rings. The molecule has 6 nitrogen and oxygen atoms in total. The molecular formula is C18H20N2O4. The van der Waals surface area contributed by atoms with E-state index >= 15 is 0 Å². The normalized spacial score (nSPS) is 15.8. The molecule has 2 N–H and O–H groups in total. The molecule has 1 aliphatic rings. The van der Waals surface area contributed by atoms with E-state index in [-0.39, 0.29) is 5.91 Å². The van der Waals surface area contributed by atoms with Crippen molar-refractivity contribution in [3.8, 4) is 17.2 Å². The lowest BCUT2D eigenvalue weighted by Crippen LogP contribution is -2.39. The number of carbonyl (C=O) groups excluding carboxylic acids is 1. The number of nitrogens with one attached hydrogen (secondary N) is 2. The van der Waals surface area contributed by atoms with Gasteiger partial charge in [-0.25, -0.2) is 0 Å². The Bertz CT molecular complexity index is 789. The molecular weight excluding hydrogens is 308 g/mol. The van der Waals surface area contributed by atoms with E-state index in [9.17, 15) is 4.79 Å². The summed E-state index contributed by atoms with van der Waals surface area (Å²) in [4.78, 5) is 12.5. The smallest absolute Gasteiger partial charge is 0.255 e. The fourth-order valence-corrected chi connectivity index (χ4v) is 2.95. The Morgan fingerprint density at radius 2 is 1.67 bits per heavy atom. The second-order valence-corrected chi connectivity index (χ2v) is 5.47. The number of anilines is 1. The van der Waals surface area contributed by atoms with Crippen molar-refractivity contribution < 1.29 is 19.0 Å². The third-order valence-corrected chi connectivity index (χ3v) is 4.13. The Kier molecular flexibility index (Phi) is 4.20. The van der Waals surface area contributed by atoms with E-state index in [1.54, 1.807) is 33.5 Å². The number of rotatable bonds is 4. The maximum Gasteiger partial charge on any atom is 0.255 e. The highest BCUT2D eigenvalue weighted by Crippen LogP contribution is 2.43. The molecule has 24 heavy (non-hydrogen) atoms. The van der Waals surface area contributed by atoms with Crippen LogP contribution in [-0.2, 0) is 0 Å². The number of benzene rings is 2. The molecule has 1 heterocycles. The summed E-state index contributed by atoms with van der Waals surface area (Å²) in [6.45, 7) is 1.97. The quantitative estimate of drug-likeness (QED) is 0.903. The van der Waals surface area contributed by atoms with Crippen molar-refractivity contribution in [3.05, 3.63) is 47.0 Å². The van der Waals surface area contributed by atoms with Crippen molar-refractivity contribution in [2.45, 2.75) is 13.1 Å². The Morgan fingerprint density at radius 1 is 0.917 bits per heavy atom. The van der Waals surface area contributed by atoms with E-state index in [2.05, 4.69) is 10.6 Å². The molecule has 0 bridgehead atoms. The van der Waals surface area contributed by atoms with Gasteiger partial charge < -0.3 is 24.8 Å². The van der Waals surface area contributed by atoms with Crippen LogP contribution in [0.15, 0.2) is 30.3 Å². The zero-order valence-corrected chi connectivity index (χ0v) is 14.1. The summed E-state index contributed by atoms with van der Waals surface area (Å²) >= 11 is 0. The number of ether oxygens (including phenoxy) is 3. The van der Waals surface area contributed by atoms with Crippen LogP contribution >= 0.6 is 0 Å². The summed E-state index contributed by atoms with van der Waals surface area (Å²) in [6.07, 6.45) is -0.430. The van der Waals surface area contributed by atoms with Gasteiger partial charge in [0.15, 0.2) is 11.5 Å². The van der Waals surface area contributed by atoms with Gasteiger partial charge in [-0.2, -0.15) is 0 Å². The van der Waals surface area contributed by atoms with Crippen LogP contribution < -0.4 is 24.8 Å². The van der Waals surface area contributed by atoms with Gasteiger partial charge in [-0.1, -0.05) is 12.1 Å². The van der Waals surface area contributed by atoms with Gasteiger partial charge in [0.25, 0.3) is 5.91 Å². The molecule has 0 radical (unpaired) electrons. The SMILES string of the molecule is COc1ccc([C@@H]2NC(=O)c3cccc(C)c3N2)c(OC)c1OC. The van der Waals surface area contributed by atoms with Crippen LogP contribution in [0.4, 0.5) is 5.69 Å². The van der Waals surface area contributed by atoms with Crippen LogP contribution in [-0.4, -0.2) is 27.2 Å². The molecule has 0 saturated carbocycles. The van der Waals surface area contributed by atoms with Crippen molar-refractivity contribution in [3.63, 3.8) is 0 Å². The van der Waals surface area contributed by atoms with E-state index in [0.717, 1.165) is 16.8 Å². The van der Waals surface area contributed by atoms with Gasteiger partial charge >= 0.3 is 0 Å². The summed E-state index contributed by atoms with van der Waals surface area (Å²) in [6, 6.07) is 9.27. The second-order valence-electron chi connectivity index (χ2n) is 5.47. The largest absolute Gasteiger partial charge is 0.493 e. The number of hydrogen-bond acceptors (Lipinski definition) is 5. The van der Waals surface area contributed by atoms with E-state index in [4.69, 9.17) is 14.2 Å². The summed E-state index contributed by atoms with van der Waals surface area (Å²) in [5.74, 6) is 1.45. The highest BCUT2D eigenvalue weighted by molar-refractivity contribution is 6.02. The first-order valence-electron chi connectivity index (χ1n) is 7.56. The maximum atomic E-state index is 12.5. The molecule has 1 atom stereocenters. The molecule has 126 valence electrons. The summed E-state index contributed by atoms with van der Waals surface area (Å²) < 4.78 is 16.2. The topological polar surface area (TPSA) is 68.8 Å². The average molecular weight is 328 g/mol. The van der Waals surface area contributed by atoms with Gasteiger partial charge in [0, 0.05) is 5.56 Å². The fraction of sp³-hybridized carbons (Fsp3) is 0.278. The number of fused-ring (bicyclic) bond motifs is 1. The lowest BCUT2D eigenvalue weighted by molar-refractivity contribution is 0.0935. The van der Waals surface area contributed by atoms with E-state index in [1.807, 2.05) is 25.1 Å². The first kappa shape index (κ1) is 16.0. The van der Waals surface area contributed by atoms with Crippen LogP contribution in [0.25, 0.3) is 0 Å². The van der Waals surface area contributed by atoms with Crippen molar-refractivity contribution >= 4 is 11.6 Å². The summed E-state index contributed by atoms with van der Waals surface area (Å²) in [7, 11) is 4.68. The van der Waals surface area contributed by atoms with E-state index < -0.39 is 6.17 Å². The number of methoxy groups -OCH3 is 3. The molecule has 0 spiro atoms. The predicted octanol–water partition coefficient (Wildman–Crippen LogP) is 2.87. The lowest BCUT2D eigenvalue weighted by Gasteiger charge is -2.30. The summed E-state index contributed by atoms with van der Waals surface area (Å²) in [5.41, 5.74) is 3.22. The molecule has 0 aromatic heterocycles. The molecule has 0 unspecified atom stereocenters. The number of amides is 1. The predicted molar refractivity (Wildman–Crippen MR) is 91.1 cm³/mol. The zero-order valence-electron chi connectivity index (χ0n) is 14.1. The molecule has 1 aliphatic heterocycles. The van der Waals surface area contributed by atoms with Crippen molar-refractivity contribution in [1.29, 1.82) is 0 Å². The Labute approximate surface area is 140 Å². The number of aryl methyl sites for hydroxylation is 1. The van der Waals surface area contributed by atoms with Crippen molar-refractivity contribution in [2.75, 3.05) is 26.6 Å². The third-order valence-electron chi connectivity index (χ3n) is 4.13. The first-order chi connectivity index (χ1) is 11.6. The average Bonchev–Trinajstić information content (AvgIpc) is 2.60. The van der Waals surface area contributed by atoms with E-state index in [1.165, 1.54) is 0 Å². The molecule has 0 saturated heterocycles. The number of para-hydroxylation sites is 1. The molecule has 3 rings (SSSR count). The molecule has 2 aromatic carbocycles. The standard InChI is InChI=1S/C18H20N2O4/c1-10-6-5-7-11-14(10)19-17(20-18(11)21)12-8-9-13(22-2)16(24-4)15(12)23-3/h5-9,17,19H,1-4H3,(H,20,21)/t17-/m0/s1. The lowest BCUT2D eigenvalue weighted by atomic mass is 10.0. The fourth-order valence-electron chi connectivity index (χ4n) is 2.95. The molecule has 6 heteroatoms. The number of hydrogen-bond donors (Lipinski definition) is 2. The van der Waals surface area contributed by atoms with Gasteiger partial charge in [0.1, 0.15) is 6.17 Å². The highest BCUT2D eigenvalue weighted by atomic mass is 16.5. The monoisotopic (exact) mass is 328 g/mol. The van der Waals surface area contributed by atoms with Gasteiger partial charge in [0.05, 0.1) is 32.6 Å². The number of carbonyl (C=O) groups is 1. The Hall–Kier alpha value is -2.89.